The Morgan fingerprint density at radius 1 is 0.709 bits per heavy atom. The molecular weight excluding hydrogens is 714 g/mol. The van der Waals surface area contributed by atoms with Crippen LogP contribution in [0.15, 0.2) is 42.5 Å². The average molecular weight is 770 g/mol. The number of anilines is 1. The fourth-order valence-corrected chi connectivity index (χ4v) is 5.59. The van der Waals surface area contributed by atoms with Crippen LogP contribution in [0.25, 0.3) is 0 Å². The van der Waals surface area contributed by atoms with E-state index < -0.39 is 0 Å². The summed E-state index contributed by atoms with van der Waals surface area (Å²) in [6.45, 7) is 13.4. The van der Waals surface area contributed by atoms with Gasteiger partial charge in [0.25, 0.3) is 23.6 Å². The Hall–Kier alpha value is -4.66. The molecule has 0 saturated heterocycles. The number of carbonyl (C=O) groups is 6. The number of rotatable bonds is 25. The fourth-order valence-electron chi connectivity index (χ4n) is 5.59. The number of nitrogens with zero attached hydrogens (tertiary/aromatic N) is 2. The highest BCUT2D eigenvalue weighted by atomic mass is 16.5. The van der Waals surface area contributed by atoms with Gasteiger partial charge in [0.1, 0.15) is 5.78 Å². The van der Waals surface area contributed by atoms with Crippen LogP contribution in [0, 0.1) is 17.3 Å². The molecule has 15 nitrogen and oxygen atoms in total. The van der Waals surface area contributed by atoms with Crippen molar-refractivity contribution < 1.29 is 57.3 Å². The molecule has 1 unspecified atom stereocenters. The smallest absolute Gasteiger partial charge is 0.373 e. The van der Waals surface area contributed by atoms with Gasteiger partial charge in [-0.05, 0) is 47.3 Å². The second-order valence-electron chi connectivity index (χ2n) is 14.4. The van der Waals surface area contributed by atoms with Crippen LogP contribution in [0.4, 0.5) is 5.69 Å². The second-order valence-corrected chi connectivity index (χ2v) is 14.4. The van der Waals surface area contributed by atoms with Crippen LogP contribution >= 0.6 is 0 Å². The molecule has 0 radical (unpaired) electrons. The number of benzene rings is 1. The fraction of sp³-hybridized carbons (Fsp3) is 0.575. The Kier molecular flexibility index (Phi) is 20.9. The summed E-state index contributed by atoms with van der Waals surface area (Å²) in [4.78, 5) is 90.7. The Bertz CT molecular complexity index is 1520. The molecule has 5 amide bonds. The summed E-state index contributed by atoms with van der Waals surface area (Å²) < 4.78 is 22.0. The first-order valence-electron chi connectivity index (χ1n) is 18.5. The number of amides is 5. The maximum absolute atomic E-state index is 13.0. The topological polar surface area (TPSA) is 192 Å². The van der Waals surface area contributed by atoms with E-state index in [1.165, 1.54) is 24.3 Å². The lowest BCUT2D eigenvalue weighted by atomic mass is 9.76. The average Bonchev–Trinajstić information content (AvgIpc) is 3.61. The van der Waals surface area contributed by atoms with Crippen LogP contribution in [0.3, 0.4) is 0 Å². The number of imide groups is 2. The first-order valence-corrected chi connectivity index (χ1v) is 18.5. The summed E-state index contributed by atoms with van der Waals surface area (Å²) >= 11 is 0. The third-order valence-corrected chi connectivity index (χ3v) is 9.12. The van der Waals surface area contributed by atoms with Crippen molar-refractivity contribution in [2.75, 3.05) is 71.3 Å². The van der Waals surface area contributed by atoms with Gasteiger partial charge in [-0.25, -0.2) is 0 Å². The molecule has 1 aromatic carbocycles. The maximum Gasteiger partial charge on any atom is 0.373 e. The molecule has 0 saturated carbocycles. The molecule has 1 N–H and O–H groups in total. The van der Waals surface area contributed by atoms with Gasteiger partial charge in [-0.1, -0.05) is 46.8 Å². The van der Waals surface area contributed by atoms with Crippen molar-refractivity contribution in [3.8, 4) is 0 Å². The Morgan fingerprint density at radius 3 is 1.64 bits per heavy atom. The number of nitrogens with one attached hydrogen (secondary N) is 1. The van der Waals surface area contributed by atoms with Gasteiger partial charge in [-0.2, -0.15) is 9.59 Å². The lowest BCUT2D eigenvalue weighted by Gasteiger charge is -2.29. The monoisotopic (exact) mass is 769 g/mol. The Balaban J connectivity index is 0.00000337. The van der Waals surface area contributed by atoms with Crippen molar-refractivity contribution >= 4 is 47.2 Å². The minimum atomic E-state index is -0.352. The number of Topliss-reactive ketones (excluding diaryl/α,β-unsaturated/α-hetero) is 1. The van der Waals surface area contributed by atoms with E-state index in [0.29, 0.717) is 17.5 Å². The number of hydrogen-bond donors (Lipinski definition) is 1. The molecule has 3 rings (SSSR count). The van der Waals surface area contributed by atoms with E-state index in [1.807, 2.05) is 18.2 Å². The van der Waals surface area contributed by atoms with Crippen molar-refractivity contribution in [2.45, 2.75) is 66.7 Å². The number of hydrogen-bond acceptors (Lipinski definition) is 12. The van der Waals surface area contributed by atoms with Crippen LogP contribution < -0.4 is 5.32 Å². The third kappa shape index (κ3) is 18.0. The zero-order chi connectivity index (χ0) is 40.8. The molecule has 0 aliphatic carbocycles. The van der Waals surface area contributed by atoms with Crippen LogP contribution in [0.1, 0.15) is 65.0 Å². The van der Waals surface area contributed by atoms with E-state index in [2.05, 4.69) is 39.9 Å². The van der Waals surface area contributed by atoms with E-state index in [1.54, 1.807) is 0 Å². The number of ketones is 1. The highest BCUT2D eigenvalue weighted by molar-refractivity contribution is 6.13. The van der Waals surface area contributed by atoms with Gasteiger partial charge >= 0.3 is 6.15 Å². The van der Waals surface area contributed by atoms with E-state index in [-0.39, 0.29) is 132 Å². The maximum atomic E-state index is 13.0. The molecule has 15 heteroatoms. The zero-order valence-electron chi connectivity index (χ0n) is 32.6. The van der Waals surface area contributed by atoms with Gasteiger partial charge in [-0.3, -0.25) is 38.6 Å². The lowest BCUT2D eigenvalue weighted by molar-refractivity contribution is -0.191. The van der Waals surface area contributed by atoms with Gasteiger partial charge in [0, 0.05) is 42.8 Å². The van der Waals surface area contributed by atoms with E-state index in [4.69, 9.17) is 28.5 Å². The van der Waals surface area contributed by atoms with E-state index in [9.17, 15) is 28.8 Å². The molecule has 55 heavy (non-hydrogen) atoms. The molecule has 2 atom stereocenters. The number of ether oxygens (including phenoxy) is 4. The molecule has 302 valence electrons. The highest BCUT2D eigenvalue weighted by Gasteiger charge is 2.24. The van der Waals surface area contributed by atoms with Crippen molar-refractivity contribution in [3.05, 3.63) is 53.6 Å². The van der Waals surface area contributed by atoms with Gasteiger partial charge in [-0.15, -0.1) is 0 Å². The standard InChI is InChI=1S/C39H55N3O10.CO2/c1-28(24-29(2)39(3,4)5)25-30-6-7-31(27-32(43)12-16-49-20-22-51-18-14-41-35(45)8-9-36(41)46)33(26-30)40-34(44)13-17-50-21-23-52-19-15-42-37(47)10-11-38(42)48;2-1-3/h6-11,26,28-29H,12-25,27H2,1-5H3,(H,40,44);/t28-,29?;/m1./s1. The predicted molar refractivity (Wildman–Crippen MR) is 199 cm³/mol. The summed E-state index contributed by atoms with van der Waals surface area (Å²) in [5.74, 6) is -0.710. The first kappa shape index (κ1) is 46.5. The quantitative estimate of drug-likeness (QED) is 0.113. The van der Waals surface area contributed by atoms with Crippen LogP contribution in [0.2, 0.25) is 0 Å². The van der Waals surface area contributed by atoms with E-state index in [0.717, 1.165) is 33.8 Å². The summed E-state index contributed by atoms with van der Waals surface area (Å²) in [5.41, 5.74) is 2.62. The molecule has 1 aromatic rings. The van der Waals surface area contributed by atoms with Gasteiger partial charge in [0.2, 0.25) is 5.91 Å². The molecule has 2 aliphatic heterocycles. The molecule has 0 spiro atoms. The first-order chi connectivity index (χ1) is 26.2. The van der Waals surface area contributed by atoms with Gasteiger partial charge in [0.05, 0.1) is 72.4 Å². The molecule has 0 bridgehead atoms. The van der Waals surface area contributed by atoms with Crippen LogP contribution in [-0.4, -0.2) is 117 Å². The predicted octanol–water partition coefficient (Wildman–Crippen LogP) is 3.10. The summed E-state index contributed by atoms with van der Waals surface area (Å²) in [6, 6.07) is 5.90. The Labute approximate surface area is 322 Å². The SMILES string of the molecule is CC(C[C@@H](C)Cc1ccc(CC(=O)CCOCCOCCN2C(=O)C=CC2=O)c(NC(=O)CCOCCOCCN2C(=O)C=CC2=O)c1)C(C)(C)C.O=C=O. The van der Waals surface area contributed by atoms with Crippen LogP contribution in [-0.2, 0) is 70.1 Å². The Morgan fingerprint density at radius 2 is 1.16 bits per heavy atom. The molecular formula is C40H55N3O12. The minimum absolute atomic E-state index is 0.0341. The third-order valence-electron chi connectivity index (χ3n) is 9.12. The second kappa shape index (κ2) is 24.7. The van der Waals surface area contributed by atoms with Crippen molar-refractivity contribution in [2.24, 2.45) is 17.3 Å². The molecule has 2 aliphatic rings. The molecule has 2 heterocycles. The van der Waals surface area contributed by atoms with Crippen LogP contribution in [0.5, 0.6) is 0 Å². The zero-order valence-corrected chi connectivity index (χ0v) is 32.6. The van der Waals surface area contributed by atoms with Gasteiger partial charge < -0.3 is 24.3 Å². The van der Waals surface area contributed by atoms with Crippen molar-refractivity contribution in [1.82, 2.24) is 9.80 Å². The largest absolute Gasteiger partial charge is 0.379 e. The summed E-state index contributed by atoms with van der Waals surface area (Å²) in [7, 11) is 0. The van der Waals surface area contributed by atoms with Crippen molar-refractivity contribution in [1.29, 1.82) is 0 Å². The van der Waals surface area contributed by atoms with E-state index >= 15 is 0 Å². The summed E-state index contributed by atoms with van der Waals surface area (Å²) in [5, 5.41) is 2.99. The summed E-state index contributed by atoms with van der Waals surface area (Å²) in [6.07, 6.45) is 7.51. The normalized spacial score (nSPS) is 14.9. The lowest BCUT2D eigenvalue weighted by Crippen LogP contribution is -2.33. The number of carbonyl (C=O) groups excluding carboxylic acids is 8. The van der Waals surface area contributed by atoms with Gasteiger partial charge in [0.15, 0.2) is 0 Å². The molecule has 0 fully saturated rings. The highest BCUT2D eigenvalue weighted by Crippen LogP contribution is 2.32. The van der Waals surface area contributed by atoms with Crippen molar-refractivity contribution in [3.63, 3.8) is 0 Å². The molecule has 0 aromatic heterocycles. The minimum Gasteiger partial charge on any atom is -0.379 e.